The van der Waals surface area contributed by atoms with Gasteiger partial charge in [0, 0.05) is 0 Å². The van der Waals surface area contributed by atoms with Crippen LogP contribution >= 0.6 is 0 Å². The molecule has 2 aromatic rings. The smallest absolute Gasteiger partial charge is 0.119 e. The molecular weight excluding hydrogens is 196 g/mol. The van der Waals surface area contributed by atoms with E-state index in [9.17, 15) is 5.11 Å². The van der Waals surface area contributed by atoms with E-state index in [0.29, 0.717) is 5.75 Å². The van der Waals surface area contributed by atoms with Gasteiger partial charge < -0.3 is 5.11 Å². The summed E-state index contributed by atoms with van der Waals surface area (Å²) in [4.78, 5) is 0. The Morgan fingerprint density at radius 1 is 0.938 bits per heavy atom. The number of hydrogen-bond donors (Lipinski definition) is 1. The maximum Gasteiger partial charge on any atom is 0.119 e. The lowest BCUT2D eigenvalue weighted by Crippen LogP contribution is -1.94. The van der Waals surface area contributed by atoms with Gasteiger partial charge in [-0.15, -0.1) is 0 Å². The summed E-state index contributed by atoms with van der Waals surface area (Å²) < 4.78 is 0. The Bertz CT molecular complexity index is 460. The van der Waals surface area contributed by atoms with Crippen LogP contribution in [0.25, 0.3) is 0 Å². The van der Waals surface area contributed by atoms with Crippen molar-refractivity contribution in [3.05, 3.63) is 65.2 Å². The molecule has 82 valence electrons. The van der Waals surface area contributed by atoms with Crippen LogP contribution in [-0.2, 0) is 12.8 Å². The molecule has 1 heteroatoms. The van der Waals surface area contributed by atoms with E-state index in [0.717, 1.165) is 18.4 Å². The van der Waals surface area contributed by atoms with Crippen molar-refractivity contribution < 1.29 is 5.11 Å². The van der Waals surface area contributed by atoms with Gasteiger partial charge in [-0.3, -0.25) is 0 Å². The molecular formula is C15H16O. The maximum absolute atomic E-state index is 9.77. The average molecular weight is 212 g/mol. The Labute approximate surface area is 96.4 Å². The van der Waals surface area contributed by atoms with E-state index in [1.54, 1.807) is 6.07 Å². The summed E-state index contributed by atoms with van der Waals surface area (Å²) >= 11 is 0. The SMILES string of the molecule is CCc1c(O)cccc1Cc1ccccc1. The molecule has 0 aromatic heterocycles. The van der Waals surface area contributed by atoms with E-state index < -0.39 is 0 Å². The number of rotatable bonds is 3. The molecule has 0 spiro atoms. The molecule has 0 atom stereocenters. The number of phenolic OH excluding ortho intramolecular Hbond substituents is 1. The quantitative estimate of drug-likeness (QED) is 0.825. The van der Waals surface area contributed by atoms with Crippen molar-refractivity contribution in [3.63, 3.8) is 0 Å². The first-order valence-corrected chi connectivity index (χ1v) is 5.65. The van der Waals surface area contributed by atoms with E-state index >= 15 is 0 Å². The predicted molar refractivity (Wildman–Crippen MR) is 66.7 cm³/mol. The van der Waals surface area contributed by atoms with E-state index in [2.05, 4.69) is 25.1 Å². The topological polar surface area (TPSA) is 20.2 Å². The van der Waals surface area contributed by atoms with E-state index in [-0.39, 0.29) is 0 Å². The Kier molecular flexibility index (Phi) is 3.25. The Morgan fingerprint density at radius 2 is 1.69 bits per heavy atom. The molecule has 1 nitrogen and oxygen atoms in total. The molecule has 0 amide bonds. The van der Waals surface area contributed by atoms with Crippen molar-refractivity contribution in [2.45, 2.75) is 19.8 Å². The van der Waals surface area contributed by atoms with Crippen molar-refractivity contribution >= 4 is 0 Å². The zero-order chi connectivity index (χ0) is 11.4. The van der Waals surface area contributed by atoms with Crippen molar-refractivity contribution in [3.8, 4) is 5.75 Å². The highest BCUT2D eigenvalue weighted by Gasteiger charge is 2.05. The molecule has 2 aromatic carbocycles. The zero-order valence-electron chi connectivity index (χ0n) is 9.48. The third-order valence-corrected chi connectivity index (χ3v) is 2.84. The number of hydrogen-bond acceptors (Lipinski definition) is 1. The number of benzene rings is 2. The van der Waals surface area contributed by atoms with Gasteiger partial charge in [0.25, 0.3) is 0 Å². The van der Waals surface area contributed by atoms with Gasteiger partial charge in [-0.1, -0.05) is 49.4 Å². The van der Waals surface area contributed by atoms with Crippen LogP contribution in [0.3, 0.4) is 0 Å². The third-order valence-electron chi connectivity index (χ3n) is 2.84. The standard InChI is InChI=1S/C15H16O/c1-2-14-13(9-6-10-15(14)16)11-12-7-4-3-5-8-12/h3-10,16H,2,11H2,1H3. The molecule has 0 saturated carbocycles. The number of aromatic hydroxyl groups is 1. The Morgan fingerprint density at radius 3 is 2.38 bits per heavy atom. The van der Waals surface area contributed by atoms with Crippen LogP contribution in [0.4, 0.5) is 0 Å². The maximum atomic E-state index is 9.77. The second kappa shape index (κ2) is 4.84. The summed E-state index contributed by atoms with van der Waals surface area (Å²) in [6.45, 7) is 2.07. The summed E-state index contributed by atoms with van der Waals surface area (Å²) in [7, 11) is 0. The molecule has 0 aliphatic carbocycles. The normalized spacial score (nSPS) is 10.3. The Balaban J connectivity index is 2.31. The van der Waals surface area contributed by atoms with Crippen molar-refractivity contribution in [2.24, 2.45) is 0 Å². The van der Waals surface area contributed by atoms with Crippen LogP contribution in [0, 0.1) is 0 Å². The molecule has 0 radical (unpaired) electrons. The van der Waals surface area contributed by atoms with Gasteiger partial charge >= 0.3 is 0 Å². The lowest BCUT2D eigenvalue weighted by Gasteiger charge is -2.09. The highest BCUT2D eigenvalue weighted by Crippen LogP contribution is 2.23. The lowest BCUT2D eigenvalue weighted by molar-refractivity contribution is 0.468. The first-order valence-electron chi connectivity index (χ1n) is 5.65. The molecule has 0 aliphatic rings. The lowest BCUT2D eigenvalue weighted by atomic mass is 9.97. The van der Waals surface area contributed by atoms with Crippen molar-refractivity contribution in [1.82, 2.24) is 0 Å². The second-order valence-corrected chi connectivity index (χ2v) is 3.93. The van der Waals surface area contributed by atoms with Crippen molar-refractivity contribution in [2.75, 3.05) is 0 Å². The zero-order valence-corrected chi connectivity index (χ0v) is 9.48. The van der Waals surface area contributed by atoms with Gasteiger partial charge in [0.1, 0.15) is 5.75 Å². The molecule has 0 saturated heterocycles. The van der Waals surface area contributed by atoms with Crippen LogP contribution in [0.5, 0.6) is 5.75 Å². The summed E-state index contributed by atoms with van der Waals surface area (Å²) in [5.41, 5.74) is 3.56. The first-order chi connectivity index (χ1) is 7.81. The highest BCUT2D eigenvalue weighted by molar-refractivity contribution is 5.41. The molecule has 1 N–H and O–H groups in total. The van der Waals surface area contributed by atoms with E-state index in [1.807, 2.05) is 24.3 Å². The summed E-state index contributed by atoms with van der Waals surface area (Å²) in [5.74, 6) is 0.413. The van der Waals surface area contributed by atoms with Crippen molar-refractivity contribution in [1.29, 1.82) is 0 Å². The van der Waals surface area contributed by atoms with Gasteiger partial charge in [0.05, 0.1) is 0 Å². The summed E-state index contributed by atoms with van der Waals surface area (Å²) in [5, 5.41) is 9.77. The van der Waals surface area contributed by atoms with Gasteiger partial charge in [0.15, 0.2) is 0 Å². The molecule has 0 bridgehead atoms. The molecule has 0 aliphatic heterocycles. The molecule has 0 heterocycles. The molecule has 0 fully saturated rings. The van der Waals surface area contributed by atoms with Crippen LogP contribution in [0.1, 0.15) is 23.6 Å². The average Bonchev–Trinajstić information content (AvgIpc) is 2.31. The Hall–Kier alpha value is -1.76. The summed E-state index contributed by atoms with van der Waals surface area (Å²) in [6.07, 6.45) is 1.76. The van der Waals surface area contributed by atoms with Crippen LogP contribution in [0.2, 0.25) is 0 Å². The minimum absolute atomic E-state index is 0.413. The minimum Gasteiger partial charge on any atom is -0.508 e. The second-order valence-electron chi connectivity index (χ2n) is 3.93. The predicted octanol–water partition coefficient (Wildman–Crippen LogP) is 3.55. The third kappa shape index (κ3) is 2.25. The van der Waals surface area contributed by atoms with Gasteiger partial charge in [0.2, 0.25) is 0 Å². The molecule has 2 rings (SSSR count). The van der Waals surface area contributed by atoms with E-state index in [1.165, 1.54) is 11.1 Å². The number of phenols is 1. The van der Waals surface area contributed by atoms with Crippen LogP contribution in [-0.4, -0.2) is 5.11 Å². The van der Waals surface area contributed by atoms with Crippen LogP contribution in [0.15, 0.2) is 48.5 Å². The fourth-order valence-corrected chi connectivity index (χ4v) is 2.01. The van der Waals surface area contributed by atoms with Crippen LogP contribution < -0.4 is 0 Å². The molecule has 0 unspecified atom stereocenters. The van der Waals surface area contributed by atoms with Gasteiger partial charge in [-0.05, 0) is 35.6 Å². The minimum atomic E-state index is 0.413. The monoisotopic (exact) mass is 212 g/mol. The van der Waals surface area contributed by atoms with E-state index in [4.69, 9.17) is 0 Å². The molecule has 16 heavy (non-hydrogen) atoms. The fraction of sp³-hybridized carbons (Fsp3) is 0.200. The largest absolute Gasteiger partial charge is 0.508 e. The van der Waals surface area contributed by atoms with Gasteiger partial charge in [-0.2, -0.15) is 0 Å². The fourth-order valence-electron chi connectivity index (χ4n) is 2.01. The first kappa shape index (κ1) is 10.7. The summed E-state index contributed by atoms with van der Waals surface area (Å²) in [6, 6.07) is 16.1. The highest BCUT2D eigenvalue weighted by atomic mass is 16.3. The van der Waals surface area contributed by atoms with Gasteiger partial charge in [-0.25, -0.2) is 0 Å².